The van der Waals surface area contributed by atoms with Gasteiger partial charge < -0.3 is 5.43 Å². The SMILES string of the molecule is NN1CC(C(N=O)=Nc2ccc(F)c(Cl)c2)=CN1. The Morgan fingerprint density at radius 3 is 2.89 bits per heavy atom. The standard InChI is InChI=1S/C10H9ClFN5O/c11-8-3-7(1-2-9(8)12)15-10(16-18)6-4-14-17(13)5-6/h1-4,14H,5,13H2. The van der Waals surface area contributed by atoms with Crippen LogP contribution in [0.25, 0.3) is 0 Å². The lowest BCUT2D eigenvalue weighted by Crippen LogP contribution is -2.37. The number of hydrogen-bond donors (Lipinski definition) is 2. The zero-order valence-corrected chi connectivity index (χ0v) is 9.86. The molecule has 0 radical (unpaired) electrons. The Bertz CT molecular complexity index is 545. The smallest absolute Gasteiger partial charge is 0.203 e. The molecule has 0 amide bonds. The highest BCUT2D eigenvalue weighted by Crippen LogP contribution is 2.22. The van der Waals surface area contributed by atoms with Crippen molar-refractivity contribution in [2.75, 3.05) is 6.54 Å². The molecule has 0 saturated carbocycles. The third-order valence-electron chi connectivity index (χ3n) is 2.26. The number of hydrazine groups is 2. The Kier molecular flexibility index (Phi) is 3.66. The number of rotatable bonds is 2. The van der Waals surface area contributed by atoms with Crippen molar-refractivity contribution in [3.05, 3.63) is 45.7 Å². The van der Waals surface area contributed by atoms with Gasteiger partial charge in [-0.05, 0) is 23.4 Å². The van der Waals surface area contributed by atoms with Crippen LogP contribution in [0.1, 0.15) is 0 Å². The quantitative estimate of drug-likeness (QED) is 0.371. The molecule has 8 heteroatoms. The van der Waals surface area contributed by atoms with Gasteiger partial charge in [0.1, 0.15) is 5.82 Å². The fourth-order valence-corrected chi connectivity index (χ4v) is 1.57. The molecule has 0 aliphatic carbocycles. The summed E-state index contributed by atoms with van der Waals surface area (Å²) in [6.45, 7) is 0.291. The second kappa shape index (κ2) is 5.21. The summed E-state index contributed by atoms with van der Waals surface area (Å²) in [5, 5.41) is 4.03. The molecule has 18 heavy (non-hydrogen) atoms. The van der Waals surface area contributed by atoms with Crippen LogP contribution in [0.2, 0.25) is 5.02 Å². The second-order valence-electron chi connectivity index (χ2n) is 3.55. The lowest BCUT2D eigenvalue weighted by molar-refractivity contribution is 0.275. The van der Waals surface area contributed by atoms with Crippen LogP contribution in [-0.4, -0.2) is 17.5 Å². The van der Waals surface area contributed by atoms with E-state index >= 15 is 0 Å². The second-order valence-corrected chi connectivity index (χ2v) is 3.96. The van der Waals surface area contributed by atoms with Gasteiger partial charge in [-0.2, -0.15) is 5.12 Å². The fourth-order valence-electron chi connectivity index (χ4n) is 1.40. The number of halogens is 2. The largest absolute Gasteiger partial charge is 0.312 e. The van der Waals surface area contributed by atoms with E-state index in [9.17, 15) is 9.30 Å². The van der Waals surface area contributed by atoms with Gasteiger partial charge in [0, 0.05) is 11.8 Å². The van der Waals surface area contributed by atoms with Gasteiger partial charge in [-0.3, -0.25) is 5.84 Å². The maximum atomic E-state index is 13.0. The summed E-state index contributed by atoms with van der Waals surface area (Å²) in [7, 11) is 0. The van der Waals surface area contributed by atoms with E-state index in [2.05, 4.69) is 15.6 Å². The highest BCUT2D eigenvalue weighted by Gasteiger charge is 2.16. The van der Waals surface area contributed by atoms with Gasteiger partial charge in [-0.15, -0.1) is 4.91 Å². The van der Waals surface area contributed by atoms with Crippen LogP contribution in [-0.2, 0) is 0 Å². The van der Waals surface area contributed by atoms with E-state index in [4.69, 9.17) is 17.4 Å². The summed E-state index contributed by atoms with van der Waals surface area (Å²) in [6.07, 6.45) is 1.52. The third-order valence-corrected chi connectivity index (χ3v) is 2.55. The Labute approximate surface area is 107 Å². The van der Waals surface area contributed by atoms with E-state index in [1.807, 2.05) is 0 Å². The number of hydrogen-bond acceptors (Lipinski definition) is 5. The van der Waals surface area contributed by atoms with Crippen molar-refractivity contribution < 1.29 is 4.39 Å². The minimum Gasteiger partial charge on any atom is -0.312 e. The number of nitrogens with two attached hydrogens (primary N) is 1. The molecule has 94 valence electrons. The van der Waals surface area contributed by atoms with Crippen LogP contribution in [0.3, 0.4) is 0 Å². The first-order valence-electron chi connectivity index (χ1n) is 4.95. The first kappa shape index (κ1) is 12.6. The average Bonchev–Trinajstić information content (AvgIpc) is 2.77. The summed E-state index contributed by atoms with van der Waals surface area (Å²) in [6, 6.07) is 3.88. The van der Waals surface area contributed by atoms with Crippen molar-refractivity contribution in [1.82, 2.24) is 10.5 Å². The molecule has 1 aromatic carbocycles. The van der Waals surface area contributed by atoms with Gasteiger partial charge in [0.25, 0.3) is 0 Å². The molecule has 0 unspecified atom stereocenters. The summed E-state index contributed by atoms with van der Waals surface area (Å²) in [5.41, 5.74) is 3.55. The van der Waals surface area contributed by atoms with E-state index in [0.717, 1.165) is 0 Å². The maximum absolute atomic E-state index is 13.0. The van der Waals surface area contributed by atoms with Crippen LogP contribution < -0.4 is 11.3 Å². The normalized spacial score (nSPS) is 16.4. The average molecular weight is 270 g/mol. The van der Waals surface area contributed by atoms with Crippen LogP contribution in [0, 0.1) is 10.7 Å². The van der Waals surface area contributed by atoms with E-state index in [0.29, 0.717) is 17.8 Å². The minimum absolute atomic E-state index is 0.0295. The first-order chi connectivity index (χ1) is 8.60. The number of amidine groups is 1. The number of aliphatic imine (C=N–C) groups is 1. The Morgan fingerprint density at radius 1 is 1.56 bits per heavy atom. The predicted octanol–water partition coefficient (Wildman–Crippen LogP) is 1.85. The highest BCUT2D eigenvalue weighted by atomic mass is 35.5. The van der Waals surface area contributed by atoms with Crippen LogP contribution in [0.5, 0.6) is 0 Å². The molecular formula is C10H9ClFN5O. The molecule has 3 N–H and O–H groups in total. The molecule has 1 aromatic rings. The summed E-state index contributed by atoms with van der Waals surface area (Å²) in [4.78, 5) is 14.7. The molecule has 0 saturated heterocycles. The van der Waals surface area contributed by atoms with Gasteiger partial charge in [0.05, 0.1) is 17.3 Å². The third kappa shape index (κ3) is 2.70. The van der Waals surface area contributed by atoms with Crippen LogP contribution in [0.4, 0.5) is 10.1 Å². The molecule has 0 bridgehead atoms. The van der Waals surface area contributed by atoms with Gasteiger partial charge in [0.2, 0.25) is 5.84 Å². The zero-order chi connectivity index (χ0) is 13.1. The predicted molar refractivity (Wildman–Crippen MR) is 66.4 cm³/mol. The van der Waals surface area contributed by atoms with E-state index in [1.54, 1.807) is 0 Å². The van der Waals surface area contributed by atoms with E-state index in [-0.39, 0.29) is 10.9 Å². The molecular weight excluding hydrogens is 261 g/mol. The lowest BCUT2D eigenvalue weighted by atomic mass is 10.2. The number of benzene rings is 1. The molecule has 0 aromatic heterocycles. The van der Waals surface area contributed by atoms with Crippen molar-refractivity contribution in [2.45, 2.75) is 0 Å². The Hall–Kier alpha value is -1.83. The van der Waals surface area contributed by atoms with Gasteiger partial charge >= 0.3 is 0 Å². The zero-order valence-electron chi connectivity index (χ0n) is 9.10. The Balaban J connectivity index is 2.29. The summed E-state index contributed by atoms with van der Waals surface area (Å²) in [5.74, 6) is 4.88. The monoisotopic (exact) mass is 269 g/mol. The number of nitrogens with zero attached hydrogens (tertiary/aromatic N) is 3. The molecule has 0 atom stereocenters. The van der Waals surface area contributed by atoms with Crippen molar-refractivity contribution in [3.63, 3.8) is 0 Å². The fraction of sp³-hybridized carbons (Fsp3) is 0.100. The molecule has 0 spiro atoms. The lowest BCUT2D eigenvalue weighted by Gasteiger charge is -2.06. The van der Waals surface area contributed by atoms with Gasteiger partial charge in [0.15, 0.2) is 0 Å². The molecule has 0 fully saturated rings. The topological polar surface area (TPSA) is 83.1 Å². The highest BCUT2D eigenvalue weighted by molar-refractivity contribution is 6.31. The summed E-state index contributed by atoms with van der Waals surface area (Å²) >= 11 is 5.62. The van der Waals surface area contributed by atoms with Crippen LogP contribution >= 0.6 is 11.6 Å². The van der Waals surface area contributed by atoms with Gasteiger partial charge in [-0.1, -0.05) is 11.6 Å². The molecule has 1 aliphatic rings. The first-order valence-corrected chi connectivity index (χ1v) is 5.33. The Morgan fingerprint density at radius 2 is 2.33 bits per heavy atom. The summed E-state index contributed by atoms with van der Waals surface area (Å²) < 4.78 is 13.0. The van der Waals surface area contributed by atoms with Crippen molar-refractivity contribution in [2.24, 2.45) is 16.0 Å². The molecule has 1 heterocycles. The van der Waals surface area contributed by atoms with Gasteiger partial charge in [-0.25, -0.2) is 9.38 Å². The number of nitrogens with one attached hydrogen (secondary N) is 1. The molecule has 1 aliphatic heterocycles. The van der Waals surface area contributed by atoms with Crippen molar-refractivity contribution >= 4 is 23.1 Å². The van der Waals surface area contributed by atoms with Crippen molar-refractivity contribution in [1.29, 1.82) is 0 Å². The number of nitroso groups, excluding NO2 is 1. The van der Waals surface area contributed by atoms with E-state index < -0.39 is 5.82 Å². The molecule has 2 rings (SSSR count). The van der Waals surface area contributed by atoms with Crippen LogP contribution in [0.15, 0.2) is 40.1 Å². The maximum Gasteiger partial charge on any atom is 0.203 e. The molecule has 6 nitrogen and oxygen atoms in total. The van der Waals surface area contributed by atoms with Crippen molar-refractivity contribution in [3.8, 4) is 0 Å². The minimum atomic E-state index is -0.550. The van der Waals surface area contributed by atoms with E-state index in [1.165, 1.54) is 29.5 Å².